The Morgan fingerprint density at radius 2 is 2.23 bits per heavy atom. The molecule has 0 fully saturated rings. The van der Waals surface area contributed by atoms with Crippen molar-refractivity contribution in [2.24, 2.45) is 5.73 Å². The minimum Gasteiger partial charge on any atom is -0.323 e. The maximum Gasteiger partial charge on any atom is 0.0701 e. The van der Waals surface area contributed by atoms with Gasteiger partial charge in [-0.2, -0.15) is 0 Å². The van der Waals surface area contributed by atoms with E-state index in [-0.39, 0.29) is 6.04 Å². The fraction of sp³-hybridized carbons (Fsp3) is 0.600. The summed E-state index contributed by atoms with van der Waals surface area (Å²) in [6.07, 6.45) is 4.91. The second-order valence-electron chi connectivity index (χ2n) is 3.24. The molecule has 0 aliphatic carbocycles. The maximum atomic E-state index is 6.04. The van der Waals surface area contributed by atoms with E-state index >= 15 is 0 Å². The molecule has 13 heavy (non-hydrogen) atoms. The van der Waals surface area contributed by atoms with Crippen molar-refractivity contribution in [2.45, 2.75) is 38.6 Å². The minimum absolute atomic E-state index is 0.239. The Hall–Kier alpha value is 0.140. The van der Waals surface area contributed by atoms with Gasteiger partial charge in [-0.1, -0.05) is 26.2 Å². The molecule has 1 aromatic heterocycles. The summed E-state index contributed by atoms with van der Waals surface area (Å²) >= 11 is 5.19. The van der Waals surface area contributed by atoms with Crippen LogP contribution in [-0.4, -0.2) is 0 Å². The Kier molecular flexibility index (Phi) is 4.99. The Balaban J connectivity index is 2.35. The zero-order valence-corrected chi connectivity index (χ0v) is 10.3. The van der Waals surface area contributed by atoms with Crippen molar-refractivity contribution >= 4 is 27.3 Å². The first-order valence-electron chi connectivity index (χ1n) is 4.75. The Morgan fingerprint density at radius 1 is 1.46 bits per heavy atom. The van der Waals surface area contributed by atoms with E-state index in [1.165, 1.54) is 27.9 Å². The van der Waals surface area contributed by atoms with Crippen molar-refractivity contribution in [2.75, 3.05) is 0 Å². The van der Waals surface area contributed by atoms with E-state index in [1.807, 2.05) is 0 Å². The molecule has 0 bridgehead atoms. The van der Waals surface area contributed by atoms with Crippen LogP contribution in [0, 0.1) is 0 Å². The Labute approximate surface area is 92.5 Å². The van der Waals surface area contributed by atoms with Crippen molar-refractivity contribution in [3.63, 3.8) is 0 Å². The van der Waals surface area contributed by atoms with Gasteiger partial charge in [-0.3, -0.25) is 0 Å². The van der Waals surface area contributed by atoms with Gasteiger partial charge in [-0.25, -0.2) is 0 Å². The van der Waals surface area contributed by atoms with Crippen molar-refractivity contribution in [3.8, 4) is 0 Å². The summed E-state index contributed by atoms with van der Waals surface area (Å²) < 4.78 is 1.17. The topological polar surface area (TPSA) is 26.0 Å². The lowest BCUT2D eigenvalue weighted by Crippen LogP contribution is -2.07. The second kappa shape index (κ2) is 5.78. The fourth-order valence-corrected chi connectivity index (χ4v) is 2.74. The molecule has 0 saturated heterocycles. The molecular weight excluding hydrogens is 246 g/mol. The maximum absolute atomic E-state index is 6.04. The summed E-state index contributed by atoms with van der Waals surface area (Å²) in [5.41, 5.74) is 6.04. The van der Waals surface area contributed by atoms with E-state index in [4.69, 9.17) is 5.73 Å². The van der Waals surface area contributed by atoms with Gasteiger partial charge in [-0.05, 0) is 34.5 Å². The lowest BCUT2D eigenvalue weighted by atomic mass is 10.1. The van der Waals surface area contributed by atoms with Crippen LogP contribution in [0.2, 0.25) is 0 Å². The summed E-state index contributed by atoms with van der Waals surface area (Å²) in [5, 5.41) is 0. The molecule has 3 heteroatoms. The quantitative estimate of drug-likeness (QED) is 0.794. The molecule has 1 nitrogen and oxygen atoms in total. The summed E-state index contributed by atoms with van der Waals surface area (Å²) in [6.45, 7) is 2.22. The highest BCUT2D eigenvalue weighted by Gasteiger charge is 2.07. The van der Waals surface area contributed by atoms with E-state index in [2.05, 4.69) is 35.0 Å². The molecule has 0 spiro atoms. The van der Waals surface area contributed by atoms with Gasteiger partial charge in [0.1, 0.15) is 0 Å². The standard InChI is InChI=1S/C10H16BrNS/c1-2-3-4-5-8(12)9-6-7-10(11)13-9/h6-8H,2-5,12H2,1H3/t8-/m1/s1. The van der Waals surface area contributed by atoms with Crippen LogP contribution >= 0.6 is 27.3 Å². The van der Waals surface area contributed by atoms with Gasteiger partial charge in [0, 0.05) is 10.9 Å². The third-order valence-corrected chi connectivity index (χ3v) is 3.83. The SMILES string of the molecule is CCCCC[C@@H](N)c1ccc(Br)s1. The van der Waals surface area contributed by atoms with Crippen LogP contribution in [0.1, 0.15) is 43.5 Å². The van der Waals surface area contributed by atoms with E-state index in [0.29, 0.717) is 0 Å². The third-order valence-electron chi connectivity index (χ3n) is 2.08. The molecule has 1 aromatic rings. The first-order chi connectivity index (χ1) is 6.24. The minimum atomic E-state index is 0.239. The van der Waals surface area contributed by atoms with E-state index in [9.17, 15) is 0 Å². The van der Waals surface area contributed by atoms with Gasteiger partial charge >= 0.3 is 0 Å². The molecule has 0 saturated carbocycles. The number of rotatable bonds is 5. The molecule has 1 heterocycles. The number of hydrogen-bond donors (Lipinski definition) is 1. The van der Waals surface area contributed by atoms with Crippen molar-refractivity contribution in [3.05, 3.63) is 20.8 Å². The lowest BCUT2D eigenvalue weighted by molar-refractivity contribution is 0.587. The van der Waals surface area contributed by atoms with Crippen LogP contribution in [0.5, 0.6) is 0 Å². The zero-order valence-electron chi connectivity index (χ0n) is 7.92. The van der Waals surface area contributed by atoms with Crippen molar-refractivity contribution in [1.29, 1.82) is 0 Å². The number of unbranched alkanes of at least 4 members (excludes halogenated alkanes) is 2. The Bertz CT molecular complexity index is 247. The lowest BCUT2D eigenvalue weighted by Gasteiger charge is -2.07. The molecular formula is C10H16BrNS. The molecule has 74 valence electrons. The molecule has 0 aliphatic rings. The monoisotopic (exact) mass is 261 g/mol. The van der Waals surface area contributed by atoms with E-state index in [0.717, 1.165) is 6.42 Å². The zero-order chi connectivity index (χ0) is 9.68. The van der Waals surface area contributed by atoms with Crippen LogP contribution in [0.4, 0.5) is 0 Å². The molecule has 1 rings (SSSR count). The average molecular weight is 262 g/mol. The highest BCUT2D eigenvalue weighted by atomic mass is 79.9. The first-order valence-corrected chi connectivity index (χ1v) is 6.35. The third kappa shape index (κ3) is 3.79. The summed E-state index contributed by atoms with van der Waals surface area (Å²) in [7, 11) is 0. The van der Waals surface area contributed by atoms with Gasteiger partial charge in [-0.15, -0.1) is 11.3 Å². The average Bonchev–Trinajstić information content (AvgIpc) is 2.52. The molecule has 0 unspecified atom stereocenters. The van der Waals surface area contributed by atoms with E-state index in [1.54, 1.807) is 11.3 Å². The normalized spacial score (nSPS) is 13.2. The van der Waals surface area contributed by atoms with Crippen molar-refractivity contribution in [1.82, 2.24) is 0 Å². The number of nitrogens with two attached hydrogens (primary N) is 1. The smallest absolute Gasteiger partial charge is 0.0701 e. The van der Waals surface area contributed by atoms with Gasteiger partial charge in [0.2, 0.25) is 0 Å². The van der Waals surface area contributed by atoms with Crippen LogP contribution in [0.15, 0.2) is 15.9 Å². The fourth-order valence-electron chi connectivity index (χ4n) is 1.28. The van der Waals surface area contributed by atoms with Gasteiger partial charge in [0.15, 0.2) is 0 Å². The molecule has 0 amide bonds. The summed E-state index contributed by atoms with van der Waals surface area (Å²) in [4.78, 5) is 1.29. The molecule has 0 aromatic carbocycles. The molecule has 2 N–H and O–H groups in total. The predicted octanol–water partition coefficient (Wildman–Crippen LogP) is 4.09. The van der Waals surface area contributed by atoms with Gasteiger partial charge in [0.25, 0.3) is 0 Å². The molecule has 0 aliphatic heterocycles. The van der Waals surface area contributed by atoms with Crippen LogP contribution in [0.3, 0.4) is 0 Å². The van der Waals surface area contributed by atoms with Gasteiger partial charge in [0.05, 0.1) is 3.79 Å². The first kappa shape index (κ1) is 11.2. The summed E-state index contributed by atoms with van der Waals surface area (Å²) in [6, 6.07) is 4.42. The second-order valence-corrected chi connectivity index (χ2v) is 5.74. The highest BCUT2D eigenvalue weighted by molar-refractivity contribution is 9.11. The van der Waals surface area contributed by atoms with Gasteiger partial charge < -0.3 is 5.73 Å². The summed E-state index contributed by atoms with van der Waals surface area (Å²) in [5.74, 6) is 0. The number of halogens is 1. The van der Waals surface area contributed by atoms with E-state index < -0.39 is 0 Å². The Morgan fingerprint density at radius 3 is 2.77 bits per heavy atom. The molecule has 1 atom stereocenters. The highest BCUT2D eigenvalue weighted by Crippen LogP contribution is 2.28. The largest absolute Gasteiger partial charge is 0.323 e. The van der Waals surface area contributed by atoms with Crippen LogP contribution in [0.25, 0.3) is 0 Å². The number of thiophene rings is 1. The predicted molar refractivity (Wildman–Crippen MR) is 63.1 cm³/mol. The van der Waals surface area contributed by atoms with Crippen molar-refractivity contribution < 1.29 is 0 Å². The van der Waals surface area contributed by atoms with Crippen LogP contribution in [-0.2, 0) is 0 Å². The van der Waals surface area contributed by atoms with Crippen LogP contribution < -0.4 is 5.73 Å². The number of hydrogen-bond acceptors (Lipinski definition) is 2. The molecule has 0 radical (unpaired) electrons.